The number of rotatable bonds is 5. The second kappa shape index (κ2) is 6.44. The van der Waals surface area contributed by atoms with Gasteiger partial charge >= 0.3 is 0 Å². The first-order chi connectivity index (χ1) is 10.0. The molecule has 0 aliphatic heterocycles. The largest absolute Gasteiger partial charge is 0.497 e. The highest BCUT2D eigenvalue weighted by atomic mass is 16.5. The second-order valence-corrected chi connectivity index (χ2v) is 5.07. The third-order valence-electron chi connectivity index (χ3n) is 3.45. The molecule has 0 heterocycles. The predicted molar refractivity (Wildman–Crippen MR) is 83.3 cm³/mol. The Morgan fingerprint density at radius 2 is 1.57 bits per heavy atom. The summed E-state index contributed by atoms with van der Waals surface area (Å²) in [5.74, 6) is 1.47. The number of ether oxygens (including phenoxy) is 2. The maximum atomic E-state index is 12.4. The summed E-state index contributed by atoms with van der Waals surface area (Å²) in [6.45, 7) is 5.73. The molecule has 0 aromatic heterocycles. The molecule has 21 heavy (non-hydrogen) atoms. The molecule has 0 saturated carbocycles. The summed E-state index contributed by atoms with van der Waals surface area (Å²) >= 11 is 0. The number of carbonyl (C=O) groups excluding carboxylic acids is 1. The van der Waals surface area contributed by atoms with E-state index in [1.165, 1.54) is 0 Å². The minimum atomic E-state index is -0.529. The van der Waals surface area contributed by atoms with Crippen LogP contribution in [0.1, 0.15) is 28.4 Å². The third kappa shape index (κ3) is 3.43. The molecule has 0 fully saturated rings. The number of methoxy groups -OCH3 is 1. The number of hydrogen-bond acceptors (Lipinski definition) is 3. The molecule has 3 nitrogen and oxygen atoms in total. The number of carbonyl (C=O) groups is 1. The van der Waals surface area contributed by atoms with Crippen LogP contribution in [0.5, 0.6) is 11.5 Å². The Morgan fingerprint density at radius 1 is 1.00 bits per heavy atom. The summed E-state index contributed by atoms with van der Waals surface area (Å²) in [4.78, 5) is 12.4. The standard InChI is InChI=1S/C18H20O3/c1-12-6-5-7-13(2)18(12)21-14(3)17(19)15-8-10-16(20-4)11-9-15/h5-11,14H,1-4H3/t14-/m0/s1. The van der Waals surface area contributed by atoms with Crippen molar-refractivity contribution in [2.75, 3.05) is 7.11 Å². The van der Waals surface area contributed by atoms with Gasteiger partial charge < -0.3 is 9.47 Å². The number of aryl methyl sites for hydroxylation is 2. The van der Waals surface area contributed by atoms with Gasteiger partial charge in [0, 0.05) is 5.56 Å². The van der Waals surface area contributed by atoms with E-state index in [2.05, 4.69) is 0 Å². The van der Waals surface area contributed by atoms with Gasteiger partial charge in [0.1, 0.15) is 11.5 Å². The van der Waals surface area contributed by atoms with Crippen molar-refractivity contribution in [2.45, 2.75) is 26.9 Å². The topological polar surface area (TPSA) is 35.5 Å². The molecular weight excluding hydrogens is 264 g/mol. The summed E-state index contributed by atoms with van der Waals surface area (Å²) in [6.07, 6.45) is -0.529. The van der Waals surface area contributed by atoms with Crippen molar-refractivity contribution in [1.29, 1.82) is 0 Å². The van der Waals surface area contributed by atoms with Crippen molar-refractivity contribution in [1.82, 2.24) is 0 Å². The summed E-state index contributed by atoms with van der Waals surface area (Å²) in [5.41, 5.74) is 2.68. The number of benzene rings is 2. The van der Waals surface area contributed by atoms with Crippen molar-refractivity contribution in [3.8, 4) is 11.5 Å². The zero-order valence-electron chi connectivity index (χ0n) is 12.8. The summed E-state index contributed by atoms with van der Waals surface area (Å²) in [6, 6.07) is 13.0. The number of Topliss-reactive ketones (excluding diaryl/α,β-unsaturated/α-hetero) is 1. The Balaban J connectivity index is 2.15. The van der Waals surface area contributed by atoms with Gasteiger partial charge in [-0.15, -0.1) is 0 Å². The monoisotopic (exact) mass is 284 g/mol. The van der Waals surface area contributed by atoms with Gasteiger partial charge in [-0.2, -0.15) is 0 Å². The lowest BCUT2D eigenvalue weighted by Gasteiger charge is -2.17. The molecule has 0 aliphatic rings. The van der Waals surface area contributed by atoms with Gasteiger partial charge in [-0.25, -0.2) is 0 Å². The van der Waals surface area contributed by atoms with Crippen LogP contribution >= 0.6 is 0 Å². The van der Waals surface area contributed by atoms with Crippen molar-refractivity contribution in [3.05, 3.63) is 59.2 Å². The minimum Gasteiger partial charge on any atom is -0.497 e. The molecule has 0 unspecified atom stereocenters. The third-order valence-corrected chi connectivity index (χ3v) is 3.45. The summed E-state index contributed by atoms with van der Waals surface area (Å²) in [7, 11) is 1.60. The van der Waals surface area contributed by atoms with Crippen LogP contribution < -0.4 is 9.47 Å². The Morgan fingerprint density at radius 3 is 2.10 bits per heavy atom. The van der Waals surface area contributed by atoms with E-state index in [4.69, 9.17) is 9.47 Å². The first-order valence-corrected chi connectivity index (χ1v) is 6.94. The minimum absolute atomic E-state index is 0.0414. The molecule has 110 valence electrons. The lowest BCUT2D eigenvalue weighted by Crippen LogP contribution is -2.24. The smallest absolute Gasteiger partial charge is 0.202 e. The zero-order chi connectivity index (χ0) is 15.4. The van der Waals surface area contributed by atoms with E-state index in [-0.39, 0.29) is 5.78 Å². The molecule has 0 radical (unpaired) electrons. The van der Waals surface area contributed by atoms with Crippen LogP contribution in [0, 0.1) is 13.8 Å². The molecule has 2 aromatic rings. The highest BCUT2D eigenvalue weighted by Crippen LogP contribution is 2.24. The van der Waals surface area contributed by atoms with E-state index in [0.29, 0.717) is 5.56 Å². The van der Waals surface area contributed by atoms with E-state index < -0.39 is 6.10 Å². The maximum Gasteiger partial charge on any atom is 0.202 e. The number of para-hydroxylation sites is 1. The van der Waals surface area contributed by atoms with E-state index in [1.54, 1.807) is 38.3 Å². The molecule has 0 aliphatic carbocycles. The Labute approximate surface area is 125 Å². The quantitative estimate of drug-likeness (QED) is 0.780. The van der Waals surface area contributed by atoms with Gasteiger partial charge in [0.15, 0.2) is 6.10 Å². The average molecular weight is 284 g/mol. The molecule has 2 aromatic carbocycles. The van der Waals surface area contributed by atoms with Crippen LogP contribution in [0.15, 0.2) is 42.5 Å². The molecule has 0 spiro atoms. The molecule has 3 heteroatoms. The lowest BCUT2D eigenvalue weighted by atomic mass is 10.1. The van der Waals surface area contributed by atoms with E-state index >= 15 is 0 Å². The highest BCUT2D eigenvalue weighted by Gasteiger charge is 2.18. The fourth-order valence-corrected chi connectivity index (χ4v) is 2.21. The first kappa shape index (κ1) is 15.1. The van der Waals surface area contributed by atoms with Gasteiger partial charge in [-0.3, -0.25) is 4.79 Å². The van der Waals surface area contributed by atoms with Crippen molar-refractivity contribution in [3.63, 3.8) is 0 Å². The van der Waals surface area contributed by atoms with Gasteiger partial charge in [0.25, 0.3) is 0 Å². The van der Waals surface area contributed by atoms with Gasteiger partial charge in [-0.05, 0) is 56.2 Å². The van der Waals surface area contributed by atoms with Crippen LogP contribution in [-0.4, -0.2) is 19.0 Å². The second-order valence-electron chi connectivity index (χ2n) is 5.07. The number of ketones is 1. The SMILES string of the molecule is COc1ccc(C(=O)[C@H](C)Oc2c(C)cccc2C)cc1. The van der Waals surface area contributed by atoms with Crippen molar-refractivity contribution >= 4 is 5.78 Å². The molecule has 0 amide bonds. The molecular formula is C18H20O3. The van der Waals surface area contributed by atoms with Crippen LogP contribution in [0.2, 0.25) is 0 Å². The van der Waals surface area contributed by atoms with Gasteiger partial charge in [0.05, 0.1) is 7.11 Å². The summed E-state index contributed by atoms with van der Waals surface area (Å²) < 4.78 is 11.0. The molecule has 0 N–H and O–H groups in total. The molecule has 1 atom stereocenters. The van der Waals surface area contributed by atoms with E-state index in [1.807, 2.05) is 32.0 Å². The molecule has 2 rings (SSSR count). The Kier molecular flexibility index (Phi) is 4.63. The maximum absolute atomic E-state index is 12.4. The van der Waals surface area contributed by atoms with Crippen molar-refractivity contribution in [2.24, 2.45) is 0 Å². The van der Waals surface area contributed by atoms with Crippen LogP contribution in [0.25, 0.3) is 0 Å². The fourth-order valence-electron chi connectivity index (χ4n) is 2.21. The lowest BCUT2D eigenvalue weighted by molar-refractivity contribution is 0.0816. The van der Waals surface area contributed by atoms with Gasteiger partial charge in [-0.1, -0.05) is 18.2 Å². The van der Waals surface area contributed by atoms with E-state index in [9.17, 15) is 4.79 Å². The molecule has 0 saturated heterocycles. The number of hydrogen-bond donors (Lipinski definition) is 0. The Hall–Kier alpha value is -2.29. The Bertz CT molecular complexity index is 609. The normalized spacial score (nSPS) is 11.8. The summed E-state index contributed by atoms with van der Waals surface area (Å²) in [5, 5.41) is 0. The first-order valence-electron chi connectivity index (χ1n) is 6.94. The van der Waals surface area contributed by atoms with Crippen LogP contribution in [0.3, 0.4) is 0 Å². The average Bonchev–Trinajstić information content (AvgIpc) is 2.50. The van der Waals surface area contributed by atoms with Crippen LogP contribution in [-0.2, 0) is 0 Å². The molecule has 0 bridgehead atoms. The van der Waals surface area contributed by atoms with E-state index in [0.717, 1.165) is 22.6 Å². The fraction of sp³-hybridized carbons (Fsp3) is 0.278. The van der Waals surface area contributed by atoms with Crippen molar-refractivity contribution < 1.29 is 14.3 Å². The highest BCUT2D eigenvalue weighted by molar-refractivity contribution is 5.99. The predicted octanol–water partition coefficient (Wildman–Crippen LogP) is 3.96. The zero-order valence-corrected chi connectivity index (χ0v) is 12.8. The van der Waals surface area contributed by atoms with Gasteiger partial charge in [0.2, 0.25) is 5.78 Å². The van der Waals surface area contributed by atoms with Crippen LogP contribution in [0.4, 0.5) is 0 Å².